The van der Waals surface area contributed by atoms with Gasteiger partial charge in [-0.15, -0.1) is 0 Å². The molecule has 1 aliphatic rings. The molecule has 3 aromatic heterocycles. The summed E-state index contributed by atoms with van der Waals surface area (Å²) < 4.78 is 22.2. The molecule has 2 atom stereocenters. The SMILES string of the molecule is N#Cc1ccc2ncc3nc(Cc4nc5ccccc5o4)n([C@@H]4CC[C@H](F)C4)c3c2c1. The predicted octanol–water partition coefficient (Wildman–Crippen LogP) is 5.25. The molecule has 0 amide bonds. The number of oxazole rings is 1. The highest BCUT2D eigenvalue weighted by molar-refractivity contribution is 6.03. The van der Waals surface area contributed by atoms with Crippen LogP contribution >= 0.6 is 0 Å². The lowest BCUT2D eigenvalue weighted by Gasteiger charge is -2.17. The van der Waals surface area contributed by atoms with E-state index in [-0.39, 0.29) is 6.04 Å². The molecule has 0 radical (unpaired) electrons. The van der Waals surface area contributed by atoms with Crippen LogP contribution in [0.5, 0.6) is 0 Å². The molecule has 0 N–H and O–H groups in total. The number of fused-ring (bicyclic) bond motifs is 4. The molecule has 152 valence electrons. The molecule has 6 rings (SSSR count). The van der Waals surface area contributed by atoms with Gasteiger partial charge in [-0.2, -0.15) is 5.26 Å². The smallest absolute Gasteiger partial charge is 0.203 e. The lowest BCUT2D eigenvalue weighted by atomic mass is 10.1. The fraction of sp³-hybridized carbons (Fsp3) is 0.250. The quantitative estimate of drug-likeness (QED) is 0.405. The van der Waals surface area contributed by atoms with E-state index in [9.17, 15) is 9.65 Å². The number of pyridine rings is 1. The lowest BCUT2D eigenvalue weighted by molar-refractivity contribution is 0.330. The normalized spacial score (nSPS) is 18.8. The van der Waals surface area contributed by atoms with Gasteiger partial charge in [-0.05, 0) is 49.6 Å². The monoisotopic (exact) mass is 411 g/mol. The topological polar surface area (TPSA) is 80.5 Å². The van der Waals surface area contributed by atoms with E-state index in [0.717, 1.165) is 45.3 Å². The minimum absolute atomic E-state index is 0.00396. The lowest BCUT2D eigenvalue weighted by Crippen LogP contribution is -2.11. The largest absolute Gasteiger partial charge is 0.440 e. The summed E-state index contributed by atoms with van der Waals surface area (Å²) in [6.07, 6.45) is 3.07. The molecule has 1 saturated carbocycles. The minimum Gasteiger partial charge on any atom is -0.440 e. The van der Waals surface area contributed by atoms with Gasteiger partial charge in [0.2, 0.25) is 5.89 Å². The van der Waals surface area contributed by atoms with Crippen molar-refractivity contribution in [3.8, 4) is 6.07 Å². The van der Waals surface area contributed by atoms with Crippen LogP contribution in [0.15, 0.2) is 53.1 Å². The fourth-order valence-corrected chi connectivity index (χ4v) is 4.68. The fourth-order valence-electron chi connectivity index (χ4n) is 4.68. The molecule has 1 fully saturated rings. The van der Waals surface area contributed by atoms with Crippen LogP contribution in [0.2, 0.25) is 0 Å². The van der Waals surface area contributed by atoms with E-state index in [4.69, 9.17) is 9.40 Å². The van der Waals surface area contributed by atoms with Gasteiger partial charge < -0.3 is 8.98 Å². The summed E-state index contributed by atoms with van der Waals surface area (Å²) in [6, 6.07) is 15.3. The van der Waals surface area contributed by atoms with Crippen LogP contribution in [-0.4, -0.2) is 25.7 Å². The van der Waals surface area contributed by atoms with E-state index < -0.39 is 6.17 Å². The minimum atomic E-state index is -0.817. The maximum absolute atomic E-state index is 14.2. The molecule has 6 nitrogen and oxygen atoms in total. The second kappa shape index (κ2) is 6.88. The third-order valence-corrected chi connectivity index (χ3v) is 6.07. The molecule has 0 bridgehead atoms. The van der Waals surface area contributed by atoms with Crippen LogP contribution in [0, 0.1) is 11.3 Å². The van der Waals surface area contributed by atoms with Crippen LogP contribution in [0.25, 0.3) is 33.0 Å². The summed E-state index contributed by atoms with van der Waals surface area (Å²) in [5, 5.41) is 10.2. The van der Waals surface area contributed by atoms with Crippen molar-refractivity contribution in [2.24, 2.45) is 0 Å². The first kappa shape index (κ1) is 18.0. The molecular weight excluding hydrogens is 393 g/mol. The van der Waals surface area contributed by atoms with Gasteiger partial charge in [0.25, 0.3) is 0 Å². The first-order valence-corrected chi connectivity index (χ1v) is 10.4. The van der Waals surface area contributed by atoms with Crippen molar-refractivity contribution in [3.63, 3.8) is 0 Å². The molecule has 1 aliphatic carbocycles. The Bertz CT molecular complexity index is 1460. The number of halogens is 1. The molecule has 0 unspecified atom stereocenters. The average Bonchev–Trinajstić information content (AvgIpc) is 3.49. The van der Waals surface area contributed by atoms with Gasteiger partial charge in [0.05, 0.1) is 35.3 Å². The van der Waals surface area contributed by atoms with Crippen molar-refractivity contribution in [1.82, 2.24) is 19.5 Å². The summed E-state index contributed by atoms with van der Waals surface area (Å²) >= 11 is 0. The summed E-state index contributed by atoms with van der Waals surface area (Å²) in [5.74, 6) is 1.35. The molecule has 0 saturated heterocycles. The average molecular weight is 411 g/mol. The second-order valence-corrected chi connectivity index (χ2v) is 8.05. The number of nitriles is 1. The molecule has 7 heteroatoms. The van der Waals surface area contributed by atoms with Gasteiger partial charge >= 0.3 is 0 Å². The van der Waals surface area contributed by atoms with Crippen LogP contribution in [0.4, 0.5) is 4.39 Å². The zero-order valence-corrected chi connectivity index (χ0v) is 16.6. The second-order valence-electron chi connectivity index (χ2n) is 8.05. The van der Waals surface area contributed by atoms with Crippen molar-refractivity contribution < 1.29 is 8.81 Å². The Morgan fingerprint density at radius 2 is 2.00 bits per heavy atom. The number of hydrogen-bond acceptors (Lipinski definition) is 5. The highest BCUT2D eigenvalue weighted by Crippen LogP contribution is 2.38. The third-order valence-electron chi connectivity index (χ3n) is 6.07. The molecule has 31 heavy (non-hydrogen) atoms. The van der Waals surface area contributed by atoms with E-state index in [0.29, 0.717) is 30.7 Å². The van der Waals surface area contributed by atoms with Gasteiger partial charge in [-0.1, -0.05) is 12.1 Å². The maximum atomic E-state index is 14.2. The Morgan fingerprint density at radius 3 is 2.81 bits per heavy atom. The van der Waals surface area contributed by atoms with E-state index >= 15 is 0 Å². The van der Waals surface area contributed by atoms with Crippen molar-refractivity contribution in [3.05, 3.63) is 65.9 Å². The Balaban J connectivity index is 1.57. The Morgan fingerprint density at radius 1 is 1.10 bits per heavy atom. The highest BCUT2D eigenvalue weighted by atomic mass is 19.1. The molecule has 2 aromatic carbocycles. The van der Waals surface area contributed by atoms with Crippen LogP contribution in [0.1, 0.15) is 42.6 Å². The third kappa shape index (κ3) is 2.95. The van der Waals surface area contributed by atoms with Crippen molar-refractivity contribution >= 4 is 33.0 Å². The standard InChI is InChI=1S/C24H18FN5O/c25-15-6-7-16(10-15)30-22(11-23-29-19-3-1-2-4-21(19)31-23)28-20-13-27-18-8-5-14(12-26)9-17(18)24(20)30/h1-5,8-9,13,15-16H,6-7,10-11H2/t15-,16+/m0/s1. The number of hydrogen-bond donors (Lipinski definition) is 0. The summed E-state index contributed by atoms with van der Waals surface area (Å²) in [5.41, 5.74) is 4.51. The van der Waals surface area contributed by atoms with Gasteiger partial charge in [0.1, 0.15) is 23.0 Å². The van der Waals surface area contributed by atoms with Crippen LogP contribution in [0.3, 0.4) is 0 Å². The molecule has 5 aromatic rings. The summed E-state index contributed by atoms with van der Waals surface area (Å²) in [6.45, 7) is 0. The number of para-hydroxylation sites is 2. The van der Waals surface area contributed by atoms with Crippen molar-refractivity contribution in [1.29, 1.82) is 5.26 Å². The van der Waals surface area contributed by atoms with E-state index in [2.05, 4.69) is 20.6 Å². The first-order chi connectivity index (χ1) is 15.2. The molecule has 3 heterocycles. The Hall–Kier alpha value is -3.79. The molecule has 0 spiro atoms. The number of alkyl halides is 1. The summed E-state index contributed by atoms with van der Waals surface area (Å²) in [4.78, 5) is 14.0. The Kier molecular flexibility index (Phi) is 4.00. The summed E-state index contributed by atoms with van der Waals surface area (Å²) in [7, 11) is 0. The number of benzene rings is 2. The van der Waals surface area contributed by atoms with Crippen LogP contribution < -0.4 is 0 Å². The highest BCUT2D eigenvalue weighted by Gasteiger charge is 2.30. The van der Waals surface area contributed by atoms with Gasteiger partial charge in [-0.3, -0.25) is 4.98 Å². The molecule has 0 aliphatic heterocycles. The number of nitrogens with zero attached hydrogens (tertiary/aromatic N) is 5. The van der Waals surface area contributed by atoms with Gasteiger partial charge in [0, 0.05) is 11.4 Å². The number of aromatic nitrogens is 4. The van der Waals surface area contributed by atoms with Crippen LogP contribution in [-0.2, 0) is 6.42 Å². The predicted molar refractivity (Wildman–Crippen MR) is 114 cm³/mol. The van der Waals surface area contributed by atoms with E-state index in [1.54, 1.807) is 12.3 Å². The molecular formula is C24H18FN5O. The Labute approximate surface area is 177 Å². The number of rotatable bonds is 3. The first-order valence-electron chi connectivity index (χ1n) is 10.4. The van der Waals surface area contributed by atoms with Gasteiger partial charge in [-0.25, -0.2) is 14.4 Å². The van der Waals surface area contributed by atoms with E-state index in [1.807, 2.05) is 36.4 Å². The van der Waals surface area contributed by atoms with Crippen molar-refractivity contribution in [2.75, 3.05) is 0 Å². The zero-order valence-electron chi connectivity index (χ0n) is 16.6. The van der Waals surface area contributed by atoms with Gasteiger partial charge in [0.15, 0.2) is 5.58 Å². The number of imidazole rings is 1. The zero-order chi connectivity index (χ0) is 20.9. The maximum Gasteiger partial charge on any atom is 0.203 e. The van der Waals surface area contributed by atoms with Crippen molar-refractivity contribution in [2.45, 2.75) is 37.9 Å². The van der Waals surface area contributed by atoms with E-state index in [1.165, 1.54) is 0 Å².